The van der Waals surface area contributed by atoms with Crippen LogP contribution in [0.25, 0.3) is 0 Å². The molecule has 0 aliphatic carbocycles. The molecule has 1 aliphatic rings. The van der Waals surface area contributed by atoms with Crippen LogP contribution in [0, 0.1) is 0 Å². The lowest BCUT2D eigenvalue weighted by molar-refractivity contribution is -0.137. The fourth-order valence-corrected chi connectivity index (χ4v) is 2.87. The van der Waals surface area contributed by atoms with Crippen LogP contribution in [0.3, 0.4) is 0 Å². The van der Waals surface area contributed by atoms with Gasteiger partial charge in [0, 0.05) is 12.6 Å². The van der Waals surface area contributed by atoms with Gasteiger partial charge in [0.1, 0.15) is 0 Å². The van der Waals surface area contributed by atoms with Crippen LogP contribution in [-0.4, -0.2) is 43.1 Å². The summed E-state index contributed by atoms with van der Waals surface area (Å²) in [7, 11) is 0. The maximum absolute atomic E-state index is 12.8. The number of rotatable bonds is 6. The van der Waals surface area contributed by atoms with E-state index in [2.05, 4.69) is 27.4 Å². The van der Waals surface area contributed by atoms with E-state index < -0.39 is 11.7 Å². The molecule has 2 N–H and O–H groups in total. The van der Waals surface area contributed by atoms with E-state index in [-0.39, 0.29) is 6.04 Å². The van der Waals surface area contributed by atoms with Gasteiger partial charge in [0.2, 0.25) is 0 Å². The molecule has 0 fully saturated rings. The molecule has 134 valence electrons. The van der Waals surface area contributed by atoms with E-state index in [1.54, 1.807) is 12.1 Å². The molecule has 0 amide bonds. The fourth-order valence-electron chi connectivity index (χ4n) is 2.87. The third kappa shape index (κ3) is 4.63. The number of hydrogen-bond donors (Lipinski definition) is 2. The van der Waals surface area contributed by atoms with Gasteiger partial charge in [-0.15, -0.1) is 0 Å². The van der Waals surface area contributed by atoms with Gasteiger partial charge in [-0.1, -0.05) is 26.0 Å². The highest BCUT2D eigenvalue weighted by atomic mass is 19.4. The zero-order valence-corrected chi connectivity index (χ0v) is 14.3. The minimum atomic E-state index is -4.31. The van der Waals surface area contributed by atoms with E-state index in [1.165, 1.54) is 0 Å². The van der Waals surface area contributed by atoms with E-state index >= 15 is 0 Å². The maximum Gasteiger partial charge on any atom is 0.416 e. The van der Waals surface area contributed by atoms with Gasteiger partial charge in [-0.3, -0.25) is 9.89 Å². The smallest absolute Gasteiger partial charge is 0.354 e. The summed E-state index contributed by atoms with van der Waals surface area (Å²) in [4.78, 5) is 6.58. The third-order valence-corrected chi connectivity index (χ3v) is 4.25. The lowest BCUT2D eigenvalue weighted by atomic mass is 10.0. The van der Waals surface area contributed by atoms with Crippen molar-refractivity contribution >= 4 is 5.96 Å². The molecule has 1 aliphatic heterocycles. The van der Waals surface area contributed by atoms with Crippen LogP contribution in [0.1, 0.15) is 37.9 Å². The van der Waals surface area contributed by atoms with Gasteiger partial charge in [0.15, 0.2) is 5.96 Å². The Balaban J connectivity index is 2.13. The minimum absolute atomic E-state index is 0.0114. The Labute approximate surface area is 141 Å². The summed E-state index contributed by atoms with van der Waals surface area (Å²) in [6, 6.07) is 5.74. The van der Waals surface area contributed by atoms with E-state index in [0.29, 0.717) is 12.6 Å². The van der Waals surface area contributed by atoms with Crippen molar-refractivity contribution in [3.63, 3.8) is 0 Å². The molecule has 4 nitrogen and oxygen atoms in total. The van der Waals surface area contributed by atoms with Crippen molar-refractivity contribution in [1.82, 2.24) is 15.5 Å². The van der Waals surface area contributed by atoms with Crippen molar-refractivity contribution in [3.8, 4) is 0 Å². The Bertz CT molecular complexity index is 550. The number of alkyl halides is 3. The lowest BCUT2D eigenvalue weighted by Crippen LogP contribution is -2.43. The number of aliphatic imine (C=N–C) groups is 1. The molecule has 1 aromatic rings. The molecule has 1 aromatic carbocycles. The van der Waals surface area contributed by atoms with Crippen molar-refractivity contribution in [2.45, 2.75) is 39.0 Å². The van der Waals surface area contributed by atoms with E-state index in [4.69, 9.17) is 0 Å². The van der Waals surface area contributed by atoms with Crippen LogP contribution in [-0.2, 0) is 6.18 Å². The van der Waals surface area contributed by atoms with Crippen molar-refractivity contribution in [1.29, 1.82) is 0 Å². The maximum atomic E-state index is 12.8. The molecule has 0 aromatic heterocycles. The van der Waals surface area contributed by atoms with E-state index in [0.717, 1.165) is 43.3 Å². The zero-order valence-electron chi connectivity index (χ0n) is 14.3. The summed E-state index contributed by atoms with van der Waals surface area (Å²) in [6.07, 6.45) is -4.31. The molecule has 7 heteroatoms. The number of hydrogen-bond acceptors (Lipinski definition) is 4. The van der Waals surface area contributed by atoms with Gasteiger partial charge in [-0.25, -0.2) is 0 Å². The first-order valence-electron chi connectivity index (χ1n) is 8.31. The van der Waals surface area contributed by atoms with Crippen molar-refractivity contribution in [2.75, 3.05) is 26.2 Å². The van der Waals surface area contributed by atoms with Crippen LogP contribution in [0.2, 0.25) is 0 Å². The molecule has 0 saturated heterocycles. The molecule has 0 bridgehead atoms. The molecule has 2 unspecified atom stereocenters. The first-order chi connectivity index (χ1) is 11.3. The molecular formula is C17H25F3N4. The standard InChI is InChI=1S/C17H25F3N4/c1-4-24(5-2)15(11-22-16-21-10-12(3)23-16)13-6-8-14(9-7-13)17(18,19)20/h6-9,12,15H,4-5,10-11H2,1-3H3,(H2,21,22,23). The van der Waals surface area contributed by atoms with Gasteiger partial charge >= 0.3 is 6.18 Å². The summed E-state index contributed by atoms with van der Waals surface area (Å²) < 4.78 is 38.3. The Morgan fingerprint density at radius 3 is 2.33 bits per heavy atom. The Kier molecular flexibility index (Phi) is 6.10. The predicted molar refractivity (Wildman–Crippen MR) is 90.0 cm³/mol. The van der Waals surface area contributed by atoms with Crippen molar-refractivity contribution in [3.05, 3.63) is 35.4 Å². The average Bonchev–Trinajstić information content (AvgIpc) is 2.96. The van der Waals surface area contributed by atoms with E-state index in [9.17, 15) is 13.2 Å². The molecule has 2 rings (SSSR count). The monoisotopic (exact) mass is 342 g/mol. The van der Waals surface area contributed by atoms with E-state index in [1.807, 2.05) is 13.8 Å². The van der Waals surface area contributed by atoms with Crippen LogP contribution in [0.5, 0.6) is 0 Å². The van der Waals surface area contributed by atoms with Crippen molar-refractivity contribution in [2.24, 2.45) is 4.99 Å². The van der Waals surface area contributed by atoms with Crippen molar-refractivity contribution < 1.29 is 13.2 Å². The van der Waals surface area contributed by atoms with Crippen LogP contribution < -0.4 is 10.6 Å². The second-order valence-corrected chi connectivity index (χ2v) is 5.97. The van der Waals surface area contributed by atoms with Gasteiger partial charge in [0.25, 0.3) is 0 Å². The molecule has 0 saturated carbocycles. The third-order valence-electron chi connectivity index (χ3n) is 4.25. The number of nitrogens with zero attached hydrogens (tertiary/aromatic N) is 2. The number of halogens is 3. The molecule has 2 atom stereocenters. The van der Waals surface area contributed by atoms with Gasteiger partial charge in [-0.2, -0.15) is 13.2 Å². The summed E-state index contributed by atoms with van der Waals surface area (Å²) in [5, 5.41) is 6.52. The largest absolute Gasteiger partial charge is 0.416 e. The predicted octanol–water partition coefficient (Wildman–Crippen LogP) is 3.03. The van der Waals surface area contributed by atoms with Crippen LogP contribution in [0.15, 0.2) is 29.3 Å². The SMILES string of the molecule is CCN(CC)C(CNC1=NCC(C)N1)c1ccc(C(F)(F)F)cc1. The molecule has 0 radical (unpaired) electrons. The Hall–Kier alpha value is -1.76. The number of guanidine groups is 1. The number of benzene rings is 1. The number of nitrogens with one attached hydrogen (secondary N) is 2. The number of likely N-dealkylation sites (N-methyl/N-ethyl adjacent to an activating group) is 1. The summed E-state index contributed by atoms with van der Waals surface area (Å²) in [6.45, 7) is 9.11. The highest BCUT2D eigenvalue weighted by Crippen LogP contribution is 2.30. The topological polar surface area (TPSA) is 39.7 Å². The minimum Gasteiger partial charge on any atom is -0.354 e. The summed E-state index contributed by atoms with van der Waals surface area (Å²) >= 11 is 0. The summed E-state index contributed by atoms with van der Waals surface area (Å²) in [5.74, 6) is 0.756. The van der Waals surface area contributed by atoms with Gasteiger partial charge in [-0.05, 0) is 37.7 Å². The normalized spacial score (nSPS) is 19.1. The molecule has 1 heterocycles. The lowest BCUT2D eigenvalue weighted by Gasteiger charge is -2.30. The first kappa shape index (κ1) is 18.6. The highest BCUT2D eigenvalue weighted by molar-refractivity contribution is 5.81. The fraction of sp³-hybridized carbons (Fsp3) is 0.588. The second-order valence-electron chi connectivity index (χ2n) is 5.97. The Morgan fingerprint density at radius 1 is 1.25 bits per heavy atom. The van der Waals surface area contributed by atoms with Gasteiger partial charge in [0.05, 0.1) is 18.2 Å². The summed E-state index contributed by atoms with van der Waals surface area (Å²) in [5.41, 5.74) is 0.249. The Morgan fingerprint density at radius 2 is 1.88 bits per heavy atom. The van der Waals surface area contributed by atoms with Gasteiger partial charge < -0.3 is 10.6 Å². The quantitative estimate of drug-likeness (QED) is 0.835. The second kappa shape index (κ2) is 7.88. The average molecular weight is 342 g/mol. The zero-order chi connectivity index (χ0) is 17.7. The molecule has 24 heavy (non-hydrogen) atoms. The van der Waals surface area contributed by atoms with Crippen LogP contribution >= 0.6 is 0 Å². The van der Waals surface area contributed by atoms with Crippen LogP contribution in [0.4, 0.5) is 13.2 Å². The molecular weight excluding hydrogens is 317 g/mol. The molecule has 0 spiro atoms. The highest BCUT2D eigenvalue weighted by Gasteiger charge is 2.30. The first-order valence-corrected chi connectivity index (χ1v) is 8.31.